The number of pyridine rings is 1. The summed E-state index contributed by atoms with van der Waals surface area (Å²) in [5, 5.41) is 0. The number of likely N-dealkylation sites (tertiary alicyclic amines) is 2. The van der Waals surface area contributed by atoms with Gasteiger partial charge in [0, 0.05) is 37.8 Å². The fraction of sp³-hybridized carbons (Fsp3) is 0.632. The van der Waals surface area contributed by atoms with Crippen molar-refractivity contribution in [1.82, 2.24) is 14.8 Å². The average molecular weight is 327 g/mol. The van der Waals surface area contributed by atoms with Crippen LogP contribution in [0.5, 0.6) is 0 Å². The number of aromatic nitrogens is 1. The molecule has 1 aromatic rings. The minimum Gasteiger partial charge on any atom is -0.337 e. The number of rotatable bonds is 3. The Morgan fingerprint density at radius 1 is 1.21 bits per heavy atom. The van der Waals surface area contributed by atoms with Crippen LogP contribution >= 0.6 is 0 Å². The summed E-state index contributed by atoms with van der Waals surface area (Å²) < 4.78 is 0. The molecule has 1 aromatic heterocycles. The molecule has 2 aliphatic heterocycles. The molecule has 1 saturated carbocycles. The zero-order valence-corrected chi connectivity index (χ0v) is 14.2. The summed E-state index contributed by atoms with van der Waals surface area (Å²) in [6.07, 6.45) is 7.89. The third-order valence-electron chi connectivity index (χ3n) is 5.99. The van der Waals surface area contributed by atoms with Crippen LogP contribution in [0.2, 0.25) is 0 Å². The van der Waals surface area contributed by atoms with Gasteiger partial charge < -0.3 is 9.80 Å². The van der Waals surface area contributed by atoms with E-state index in [9.17, 15) is 9.59 Å². The molecular weight excluding hydrogens is 302 g/mol. The number of carbonyl (C=O) groups excluding carboxylic acids is 2. The Bertz CT molecular complexity index is 627. The van der Waals surface area contributed by atoms with Crippen molar-refractivity contribution in [1.29, 1.82) is 0 Å². The molecule has 3 heterocycles. The Kier molecular flexibility index (Phi) is 4.02. The van der Waals surface area contributed by atoms with Crippen molar-refractivity contribution in [3.63, 3.8) is 0 Å². The lowest BCUT2D eigenvalue weighted by atomic mass is 9.75. The summed E-state index contributed by atoms with van der Waals surface area (Å²) in [6.45, 7) is 3.65. The fourth-order valence-corrected chi connectivity index (χ4v) is 4.65. The minimum atomic E-state index is 0.181. The fourth-order valence-electron chi connectivity index (χ4n) is 4.65. The first kappa shape index (κ1) is 15.6. The third kappa shape index (κ3) is 2.70. The van der Waals surface area contributed by atoms with Crippen LogP contribution in [0.3, 0.4) is 0 Å². The molecule has 1 aliphatic carbocycles. The lowest BCUT2D eigenvalue weighted by molar-refractivity contribution is -0.146. The molecule has 3 fully saturated rings. The lowest BCUT2D eigenvalue weighted by Crippen LogP contribution is -2.54. The van der Waals surface area contributed by atoms with Gasteiger partial charge in [-0.1, -0.05) is 6.92 Å². The second-order valence-electron chi connectivity index (χ2n) is 7.64. The van der Waals surface area contributed by atoms with Gasteiger partial charge in [0.05, 0.1) is 12.1 Å². The summed E-state index contributed by atoms with van der Waals surface area (Å²) in [5.41, 5.74) is 1.11. The van der Waals surface area contributed by atoms with E-state index in [-0.39, 0.29) is 23.9 Å². The Balaban J connectivity index is 1.48. The molecule has 0 aromatic carbocycles. The van der Waals surface area contributed by atoms with E-state index in [2.05, 4.69) is 16.8 Å². The standard InChI is InChI=1S/C19H25N3O2/c1-13-10-15(11-13)19(24)21-9-6-17-16(21)2-3-18(23)22(17)12-14-4-7-20-8-5-14/h4-5,7-8,13,15-17H,2-3,6,9-12H2,1H3/t13?,15?,16-,17-/m1/s1. The summed E-state index contributed by atoms with van der Waals surface area (Å²) in [4.78, 5) is 33.4. The molecule has 4 rings (SSSR count). The smallest absolute Gasteiger partial charge is 0.226 e. The molecule has 128 valence electrons. The van der Waals surface area contributed by atoms with E-state index in [1.54, 1.807) is 12.4 Å². The van der Waals surface area contributed by atoms with Gasteiger partial charge in [0.25, 0.3) is 0 Å². The van der Waals surface area contributed by atoms with Crippen LogP contribution in [-0.4, -0.2) is 45.2 Å². The van der Waals surface area contributed by atoms with Gasteiger partial charge in [0.2, 0.25) is 11.8 Å². The van der Waals surface area contributed by atoms with Gasteiger partial charge in [-0.3, -0.25) is 14.6 Å². The number of hydrogen-bond acceptors (Lipinski definition) is 3. The number of amides is 2. The maximum absolute atomic E-state index is 12.8. The van der Waals surface area contributed by atoms with Crippen LogP contribution in [-0.2, 0) is 16.1 Å². The van der Waals surface area contributed by atoms with Gasteiger partial charge in [-0.15, -0.1) is 0 Å². The largest absolute Gasteiger partial charge is 0.337 e. The maximum Gasteiger partial charge on any atom is 0.226 e. The first-order chi connectivity index (χ1) is 11.6. The third-order valence-corrected chi connectivity index (χ3v) is 5.99. The van der Waals surface area contributed by atoms with Crippen molar-refractivity contribution in [2.45, 2.75) is 57.7 Å². The SMILES string of the molecule is CC1CC(C(=O)N2CC[C@@H]3[C@H]2CCC(=O)N3Cc2ccncc2)C1. The lowest BCUT2D eigenvalue weighted by Gasteiger charge is -2.42. The van der Waals surface area contributed by atoms with Crippen molar-refractivity contribution in [2.75, 3.05) is 6.54 Å². The molecule has 0 N–H and O–H groups in total. The van der Waals surface area contributed by atoms with Gasteiger partial charge >= 0.3 is 0 Å². The highest BCUT2D eigenvalue weighted by molar-refractivity contribution is 5.82. The van der Waals surface area contributed by atoms with Crippen LogP contribution in [0.4, 0.5) is 0 Å². The predicted molar refractivity (Wildman–Crippen MR) is 89.8 cm³/mol. The van der Waals surface area contributed by atoms with Crippen molar-refractivity contribution < 1.29 is 9.59 Å². The molecular formula is C19H25N3O2. The molecule has 0 spiro atoms. The summed E-state index contributed by atoms with van der Waals surface area (Å²) in [7, 11) is 0. The van der Waals surface area contributed by atoms with Crippen molar-refractivity contribution >= 4 is 11.8 Å². The molecule has 2 atom stereocenters. The average Bonchev–Trinajstić information content (AvgIpc) is 2.99. The Morgan fingerprint density at radius 2 is 1.96 bits per heavy atom. The van der Waals surface area contributed by atoms with E-state index in [0.29, 0.717) is 24.8 Å². The Hall–Kier alpha value is -1.91. The van der Waals surface area contributed by atoms with Crippen LogP contribution in [0, 0.1) is 11.8 Å². The van der Waals surface area contributed by atoms with Crippen molar-refractivity contribution in [3.05, 3.63) is 30.1 Å². The second kappa shape index (κ2) is 6.19. The van der Waals surface area contributed by atoms with E-state index in [1.807, 2.05) is 17.0 Å². The highest BCUT2D eigenvalue weighted by Gasteiger charge is 2.47. The molecule has 0 radical (unpaired) electrons. The van der Waals surface area contributed by atoms with Crippen LogP contribution < -0.4 is 0 Å². The van der Waals surface area contributed by atoms with Gasteiger partial charge in [-0.05, 0) is 49.3 Å². The molecule has 2 saturated heterocycles. The number of nitrogens with zero attached hydrogens (tertiary/aromatic N) is 3. The van der Waals surface area contributed by atoms with Gasteiger partial charge in [-0.2, -0.15) is 0 Å². The van der Waals surface area contributed by atoms with Crippen LogP contribution in [0.25, 0.3) is 0 Å². The molecule has 2 amide bonds. The number of hydrogen-bond donors (Lipinski definition) is 0. The molecule has 0 bridgehead atoms. The molecule has 24 heavy (non-hydrogen) atoms. The van der Waals surface area contributed by atoms with E-state index >= 15 is 0 Å². The predicted octanol–water partition coefficient (Wildman–Crippen LogP) is 2.22. The number of carbonyl (C=O) groups is 2. The summed E-state index contributed by atoms with van der Waals surface area (Å²) in [5.74, 6) is 1.47. The zero-order chi connectivity index (χ0) is 16.7. The zero-order valence-electron chi connectivity index (χ0n) is 14.2. The Morgan fingerprint density at radius 3 is 2.67 bits per heavy atom. The quantitative estimate of drug-likeness (QED) is 0.855. The molecule has 5 nitrogen and oxygen atoms in total. The topological polar surface area (TPSA) is 53.5 Å². The molecule has 5 heteroatoms. The minimum absolute atomic E-state index is 0.181. The first-order valence-electron chi connectivity index (χ1n) is 9.12. The van der Waals surface area contributed by atoms with Crippen LogP contribution in [0.1, 0.15) is 44.6 Å². The van der Waals surface area contributed by atoms with Crippen molar-refractivity contribution in [3.8, 4) is 0 Å². The Labute approximate surface area is 143 Å². The monoisotopic (exact) mass is 327 g/mol. The van der Waals surface area contributed by atoms with Crippen molar-refractivity contribution in [2.24, 2.45) is 11.8 Å². The van der Waals surface area contributed by atoms with Crippen LogP contribution in [0.15, 0.2) is 24.5 Å². The molecule has 3 aliphatic rings. The number of fused-ring (bicyclic) bond motifs is 1. The summed E-state index contributed by atoms with van der Waals surface area (Å²) in [6, 6.07) is 4.32. The highest BCUT2D eigenvalue weighted by atomic mass is 16.2. The first-order valence-corrected chi connectivity index (χ1v) is 9.12. The van der Waals surface area contributed by atoms with E-state index in [4.69, 9.17) is 0 Å². The van der Waals surface area contributed by atoms with Gasteiger partial charge in [-0.25, -0.2) is 0 Å². The number of piperidine rings is 1. The highest BCUT2D eigenvalue weighted by Crippen LogP contribution is 2.39. The molecule has 0 unspecified atom stereocenters. The van der Waals surface area contributed by atoms with E-state index in [0.717, 1.165) is 37.8 Å². The second-order valence-corrected chi connectivity index (χ2v) is 7.64. The van der Waals surface area contributed by atoms with E-state index in [1.165, 1.54) is 0 Å². The maximum atomic E-state index is 12.8. The normalized spacial score (nSPS) is 32.5. The summed E-state index contributed by atoms with van der Waals surface area (Å²) >= 11 is 0. The van der Waals surface area contributed by atoms with Gasteiger partial charge in [0.1, 0.15) is 0 Å². The van der Waals surface area contributed by atoms with Gasteiger partial charge in [0.15, 0.2) is 0 Å². The van der Waals surface area contributed by atoms with E-state index < -0.39 is 0 Å².